The molecule has 1 aliphatic heterocycles. The number of amides is 1. The summed E-state index contributed by atoms with van der Waals surface area (Å²) in [5.41, 5.74) is 6.70. The first kappa shape index (κ1) is 27.2. The lowest BCUT2D eigenvalue weighted by Crippen LogP contribution is -2.38. The Morgan fingerprint density at radius 1 is 1.20 bits per heavy atom. The average molecular weight is 540 g/mol. The molecule has 0 aliphatic carbocycles. The Morgan fingerprint density at radius 3 is 2.75 bits per heavy atom. The van der Waals surface area contributed by atoms with Gasteiger partial charge in [0.15, 0.2) is 0 Å². The van der Waals surface area contributed by atoms with Crippen LogP contribution >= 0.6 is 0 Å². The first-order valence-electron chi connectivity index (χ1n) is 13.5. The summed E-state index contributed by atoms with van der Waals surface area (Å²) in [7, 11) is 7.71. The molecule has 1 amide bonds. The van der Waals surface area contributed by atoms with Gasteiger partial charge in [-0.25, -0.2) is 9.97 Å². The fourth-order valence-corrected chi connectivity index (χ4v) is 5.54. The summed E-state index contributed by atoms with van der Waals surface area (Å²) in [5, 5.41) is 7.50. The molecule has 0 fully saturated rings. The Hall–Kier alpha value is -4.37. The van der Waals surface area contributed by atoms with Crippen molar-refractivity contribution in [2.24, 2.45) is 0 Å². The number of benzene rings is 2. The molecule has 3 heterocycles. The number of aromatic nitrogens is 3. The molecular weight excluding hydrogens is 502 g/mol. The van der Waals surface area contributed by atoms with Crippen LogP contribution in [0.15, 0.2) is 61.3 Å². The van der Waals surface area contributed by atoms with Crippen molar-refractivity contribution in [1.82, 2.24) is 19.4 Å². The number of anilines is 4. The first-order chi connectivity index (χ1) is 19.3. The summed E-state index contributed by atoms with van der Waals surface area (Å²) < 4.78 is 8.19. The van der Waals surface area contributed by atoms with Crippen LogP contribution in [0.4, 0.5) is 23.0 Å². The van der Waals surface area contributed by atoms with Crippen LogP contribution in [0.3, 0.4) is 0 Å². The van der Waals surface area contributed by atoms with Crippen molar-refractivity contribution in [2.45, 2.75) is 32.4 Å². The van der Waals surface area contributed by atoms with Crippen molar-refractivity contribution >= 4 is 39.8 Å². The number of nitrogens with one attached hydrogen (secondary N) is 2. The van der Waals surface area contributed by atoms with E-state index in [2.05, 4.69) is 67.8 Å². The maximum Gasteiger partial charge on any atom is 0.247 e. The van der Waals surface area contributed by atoms with Crippen molar-refractivity contribution < 1.29 is 9.53 Å². The van der Waals surface area contributed by atoms with Gasteiger partial charge in [0.1, 0.15) is 5.75 Å². The molecule has 0 saturated heterocycles. The summed E-state index contributed by atoms with van der Waals surface area (Å²) in [5.74, 6) is 0.763. The van der Waals surface area contributed by atoms with Gasteiger partial charge < -0.3 is 29.7 Å². The third kappa shape index (κ3) is 5.24. The number of hydrogen-bond acceptors (Lipinski definition) is 7. The minimum atomic E-state index is -0.293. The highest BCUT2D eigenvalue weighted by atomic mass is 16.5. The lowest BCUT2D eigenvalue weighted by atomic mass is 10.1. The minimum Gasteiger partial charge on any atom is -0.494 e. The van der Waals surface area contributed by atoms with Crippen LogP contribution in [0.25, 0.3) is 22.2 Å². The Bertz CT molecular complexity index is 1560. The number of likely N-dealkylation sites (N-methyl/N-ethyl adjacent to an activating group) is 2. The van der Waals surface area contributed by atoms with Gasteiger partial charge >= 0.3 is 0 Å². The normalized spacial score (nSPS) is 13.2. The number of aryl methyl sites for hydroxylation is 1. The van der Waals surface area contributed by atoms with E-state index in [0.717, 1.165) is 42.9 Å². The third-order valence-corrected chi connectivity index (χ3v) is 7.46. The molecule has 4 aromatic rings. The van der Waals surface area contributed by atoms with Gasteiger partial charge in [0.2, 0.25) is 11.9 Å². The molecule has 9 heteroatoms. The quantitative estimate of drug-likeness (QED) is 0.264. The second-order valence-corrected chi connectivity index (χ2v) is 10.5. The van der Waals surface area contributed by atoms with E-state index in [1.54, 1.807) is 13.3 Å². The number of hydrogen-bond donors (Lipinski definition) is 2. The zero-order valence-corrected chi connectivity index (χ0v) is 23.9. The average Bonchev–Trinajstić information content (AvgIpc) is 3.53. The molecule has 2 aromatic carbocycles. The molecule has 40 heavy (non-hydrogen) atoms. The third-order valence-electron chi connectivity index (χ3n) is 7.46. The van der Waals surface area contributed by atoms with E-state index in [0.29, 0.717) is 23.1 Å². The highest BCUT2D eigenvalue weighted by molar-refractivity contribution is 6.02. The van der Waals surface area contributed by atoms with Crippen LogP contribution in [-0.2, 0) is 17.8 Å². The summed E-state index contributed by atoms with van der Waals surface area (Å²) in [4.78, 5) is 26.1. The fraction of sp³-hybridized carbons (Fsp3) is 0.323. The number of carbonyl (C=O) groups excluding carboxylic acids is 1. The van der Waals surface area contributed by atoms with Crippen LogP contribution in [0.2, 0.25) is 0 Å². The molecule has 208 valence electrons. The number of nitrogens with zero attached hydrogens (tertiary/aromatic N) is 5. The lowest BCUT2D eigenvalue weighted by molar-refractivity contribution is -0.111. The van der Waals surface area contributed by atoms with E-state index in [1.165, 1.54) is 22.7 Å². The van der Waals surface area contributed by atoms with Crippen molar-refractivity contribution in [2.75, 3.05) is 50.3 Å². The summed E-state index contributed by atoms with van der Waals surface area (Å²) in [6.07, 6.45) is 5.19. The zero-order chi connectivity index (χ0) is 28.4. The molecule has 1 aliphatic rings. The van der Waals surface area contributed by atoms with Crippen molar-refractivity contribution in [1.29, 1.82) is 0 Å². The van der Waals surface area contributed by atoms with Gasteiger partial charge in [0.05, 0.1) is 29.9 Å². The Morgan fingerprint density at radius 2 is 2.00 bits per heavy atom. The van der Waals surface area contributed by atoms with Gasteiger partial charge in [0.25, 0.3) is 0 Å². The van der Waals surface area contributed by atoms with Gasteiger partial charge in [-0.05, 0) is 58.1 Å². The van der Waals surface area contributed by atoms with E-state index in [1.807, 2.05) is 39.3 Å². The first-order valence-corrected chi connectivity index (χ1v) is 13.5. The van der Waals surface area contributed by atoms with Crippen LogP contribution in [-0.4, -0.2) is 66.2 Å². The number of methoxy groups -OCH3 is 1. The fourth-order valence-electron chi connectivity index (χ4n) is 5.54. The number of fused-ring (bicyclic) bond motifs is 3. The van der Waals surface area contributed by atoms with Crippen molar-refractivity contribution in [3.8, 4) is 17.0 Å². The van der Waals surface area contributed by atoms with E-state index in [4.69, 9.17) is 9.72 Å². The number of carbonyl (C=O) groups is 1. The number of ether oxygens (including phenoxy) is 1. The standard InChI is InChI=1S/C31H37N7O2/c1-7-29(39)33-23-17-24(28(40-6)18-27(23)37(5)20(2)19-36(3)4)35-31-32-15-14-22(34-31)30-21-11-8-9-12-25(21)38-16-10-13-26(30)38/h7-9,11-12,14-15,17-18,20H,1,10,13,16,19H2,2-6H3,(H,33,39)(H,32,34,35). The van der Waals surface area contributed by atoms with Crippen LogP contribution in [0, 0.1) is 0 Å². The zero-order valence-electron chi connectivity index (χ0n) is 23.9. The molecule has 0 saturated carbocycles. The maximum absolute atomic E-state index is 12.4. The molecule has 2 aromatic heterocycles. The second kappa shape index (κ2) is 11.4. The SMILES string of the molecule is C=CC(=O)Nc1cc(Nc2nccc(-c3c4n(c5ccccc35)CCC4)n2)c(OC)cc1N(C)C(C)CN(C)C. The summed E-state index contributed by atoms with van der Waals surface area (Å²) in [6, 6.07) is 14.4. The predicted molar refractivity (Wildman–Crippen MR) is 163 cm³/mol. The summed E-state index contributed by atoms with van der Waals surface area (Å²) in [6.45, 7) is 7.62. The van der Waals surface area contributed by atoms with Gasteiger partial charge in [-0.1, -0.05) is 24.8 Å². The largest absolute Gasteiger partial charge is 0.494 e. The van der Waals surface area contributed by atoms with Gasteiger partial charge in [0, 0.05) is 60.6 Å². The topological polar surface area (TPSA) is 87.5 Å². The van der Waals surface area contributed by atoms with E-state index in [-0.39, 0.29) is 11.9 Å². The molecule has 0 spiro atoms. The predicted octanol–water partition coefficient (Wildman–Crippen LogP) is 5.31. The Kier molecular flexibility index (Phi) is 7.75. The van der Waals surface area contributed by atoms with Crippen LogP contribution in [0.1, 0.15) is 19.0 Å². The smallest absolute Gasteiger partial charge is 0.247 e. The molecule has 0 bridgehead atoms. The molecule has 1 atom stereocenters. The molecule has 1 unspecified atom stereocenters. The Labute approximate surface area is 235 Å². The summed E-state index contributed by atoms with van der Waals surface area (Å²) >= 11 is 0. The van der Waals surface area contributed by atoms with E-state index in [9.17, 15) is 4.79 Å². The van der Waals surface area contributed by atoms with Gasteiger partial charge in [-0.15, -0.1) is 0 Å². The lowest BCUT2D eigenvalue weighted by Gasteiger charge is -2.31. The molecule has 5 rings (SSSR count). The molecule has 9 nitrogen and oxygen atoms in total. The van der Waals surface area contributed by atoms with Gasteiger partial charge in [-0.2, -0.15) is 0 Å². The number of para-hydroxylation sites is 1. The van der Waals surface area contributed by atoms with Crippen molar-refractivity contribution in [3.05, 3.63) is 67.0 Å². The minimum absolute atomic E-state index is 0.178. The van der Waals surface area contributed by atoms with Crippen LogP contribution < -0.4 is 20.3 Å². The maximum atomic E-state index is 12.4. The molecule has 0 radical (unpaired) electrons. The van der Waals surface area contributed by atoms with E-state index < -0.39 is 0 Å². The van der Waals surface area contributed by atoms with Gasteiger partial charge in [-0.3, -0.25) is 4.79 Å². The number of rotatable bonds is 10. The Balaban J connectivity index is 1.53. The van der Waals surface area contributed by atoms with Crippen LogP contribution in [0.5, 0.6) is 5.75 Å². The highest BCUT2D eigenvalue weighted by Gasteiger charge is 2.24. The van der Waals surface area contributed by atoms with E-state index >= 15 is 0 Å². The second-order valence-electron chi connectivity index (χ2n) is 10.5. The highest BCUT2D eigenvalue weighted by Crippen LogP contribution is 2.40. The molecular formula is C31H37N7O2. The monoisotopic (exact) mass is 539 g/mol. The molecule has 2 N–H and O–H groups in total. The van der Waals surface area contributed by atoms with Crippen molar-refractivity contribution in [3.63, 3.8) is 0 Å².